The molecule has 0 bridgehead atoms. The number of aliphatic hydroxyl groups is 1. The number of aliphatic hydroxyl groups excluding tert-OH is 1. The number of carbonyl (C=O) groups excluding carboxylic acids is 15. The Kier molecular flexibility index (Phi) is 84.3. The van der Waals surface area contributed by atoms with Gasteiger partial charge in [0.25, 0.3) is 0 Å². The second-order valence-corrected chi connectivity index (χ2v) is 41.0. The molecule has 0 saturated carbocycles. The fourth-order valence-corrected chi connectivity index (χ4v) is 16.5. The van der Waals surface area contributed by atoms with Crippen molar-refractivity contribution >= 4 is 182 Å². The van der Waals surface area contributed by atoms with Gasteiger partial charge in [0, 0.05) is 87.4 Å². The number of Topliss-reactive ketones (excluding diaryl/α,β-unsaturated/α-hetero) is 11. The molecule has 0 aromatic heterocycles. The first-order chi connectivity index (χ1) is 60.8. The second-order valence-electron chi connectivity index (χ2n) is 35.1. The molecule has 0 aliphatic carbocycles. The third-order valence-electron chi connectivity index (χ3n) is 20.5. The molecule has 754 valence electrons. The Hall–Kier alpha value is -6.59. The Morgan fingerprint density at radius 2 is 0.527 bits per heavy atom. The lowest BCUT2D eigenvalue weighted by molar-refractivity contribution is -0.144. The Balaban J connectivity index is -0.000000367. The summed E-state index contributed by atoms with van der Waals surface area (Å²) in [6.45, 7) is 29.0. The Morgan fingerprint density at radius 1 is 0.298 bits per heavy atom. The van der Waals surface area contributed by atoms with Crippen LogP contribution in [0.15, 0.2) is 30.3 Å². The minimum absolute atomic E-state index is 0. The number of hydrogen-bond donors (Lipinski definition) is 9. The second kappa shape index (κ2) is 81.7. The number of ketones is 11. The van der Waals surface area contributed by atoms with E-state index in [0.29, 0.717) is 82.3 Å². The van der Waals surface area contributed by atoms with E-state index < -0.39 is 95.4 Å². The molecule has 0 aliphatic rings. The maximum absolute atomic E-state index is 13.0. The van der Waals surface area contributed by atoms with Gasteiger partial charge in [0.1, 0.15) is 40.5 Å². The molecule has 9 N–H and O–H groups in total. The van der Waals surface area contributed by atoms with E-state index in [1.807, 2.05) is 123 Å². The lowest BCUT2D eigenvalue weighted by Crippen LogP contribution is -2.45. The number of carbonyl (C=O) groups is 19. The summed E-state index contributed by atoms with van der Waals surface area (Å²) in [5.74, 6) is -5.75. The van der Waals surface area contributed by atoms with Gasteiger partial charge in [-0.05, 0) is 234 Å². The van der Waals surface area contributed by atoms with Crippen molar-refractivity contribution < 1.29 is 117 Å². The molecule has 13 unspecified atom stereocenters. The molecule has 0 spiro atoms. The fourth-order valence-electron chi connectivity index (χ4n) is 13.3. The van der Waals surface area contributed by atoms with Crippen molar-refractivity contribution in [2.45, 2.75) is 303 Å². The fraction of sp³-hybridized carbons (Fsp3) is 0.742. The Bertz CT molecular complexity index is 3550. The standard InChI is InChI=1S/C24H35NO5S.C20H35NO5S2.C19H33NO5S.C15H27NO3S.C10H18O3.C8H14O3S.CH4/c1-16(2)12-21(25-23(28)19(10-11-31-4)13-17(3)26)22(27)15-20(24(29)30)14-18-8-6-5-7-9-18;1-13(2)10-17(18(23)12-16(20(25)26)7-9-28-5)21-19(24)15(6-8-27-4)11-14(3)22;1-12(2)8-17(18(24)10-16(11-21)14(4)23)20-19(25)15(6-7-26-5)9-13(3)22;1-10(2)8-14(12(4)18)16-15(19)13(6-7-20-5)9-11(3)17;1-3-4-5-6-9(10(12)13)7-8(2)11;1-6(9)5-7(8(10)11)3-4-12-2;/h5-9,16,19-21H,10-15H2,1-4H3,(H,25,28)(H,29,30);13,15-17H,6-12H2,1-5H3,(H,21,24)(H,25,26);12,15-17,21H,6-11H2,1-5H3,(H,20,25);10,13-14H,6-9H2,1-5H3,(H,16,19);9H,3-7H2,1-2H3,(H,12,13);7H,3-5H2,1-2H3,(H,10,11);1H4. The number of rotatable bonds is 68. The number of benzene rings is 1. The molecular weight excluding hydrogens is 1800 g/mol. The SMILES string of the molecule is C.CCCCCC(CC(C)=O)C(=O)O.CSCCC(CC(=O)C(CC(C)C)NC(=O)C(CCSC)CC(C)=O)C(=O)O.CSCCC(CC(C)=O)C(=O)NC(CC(C)C)C(=O)CC(CO)C(C)=O.CSCCC(CC(C)=O)C(=O)NC(CC(C)C)C(=O)CC(Cc1ccccc1)C(=O)O.CSCCC(CC(C)=O)C(=O)NC(CC(C)C)C(C)=O.CSCCC(CC(C)=O)C(=O)O. The van der Waals surface area contributed by atoms with Gasteiger partial charge in [-0.25, -0.2) is 0 Å². The van der Waals surface area contributed by atoms with Crippen molar-refractivity contribution in [3.05, 3.63) is 35.9 Å². The number of carboxylic acids is 4. The van der Waals surface area contributed by atoms with E-state index in [2.05, 4.69) is 28.2 Å². The zero-order valence-electron chi connectivity index (χ0n) is 82.1. The lowest BCUT2D eigenvalue weighted by Gasteiger charge is -2.24. The number of unbranched alkanes of at least 4 members (excludes halogenated alkanes) is 2. The highest BCUT2D eigenvalue weighted by Crippen LogP contribution is 2.25. The molecule has 1 rings (SSSR count). The topological polar surface area (TPSA) is 474 Å². The monoisotopic (exact) mass is 1960 g/mol. The maximum Gasteiger partial charge on any atom is 0.307 e. The zero-order chi connectivity index (χ0) is 101. The summed E-state index contributed by atoms with van der Waals surface area (Å²) in [5.41, 5.74) is 0.853. The van der Waals surface area contributed by atoms with Gasteiger partial charge in [0.2, 0.25) is 23.6 Å². The van der Waals surface area contributed by atoms with Crippen LogP contribution in [0.5, 0.6) is 0 Å². The normalized spacial score (nSPS) is 13.8. The highest BCUT2D eigenvalue weighted by atomic mass is 32.2. The van der Waals surface area contributed by atoms with Crippen molar-refractivity contribution in [3.8, 4) is 0 Å². The van der Waals surface area contributed by atoms with Gasteiger partial charge in [-0.2, -0.15) is 70.6 Å². The van der Waals surface area contributed by atoms with Crippen molar-refractivity contribution in [2.75, 3.05) is 78.7 Å². The molecule has 1 aromatic rings. The molecule has 1 aromatic carbocycles. The number of amides is 4. The largest absolute Gasteiger partial charge is 0.481 e. The summed E-state index contributed by atoms with van der Waals surface area (Å²) in [7, 11) is 0. The number of aliphatic carboxylic acids is 4. The van der Waals surface area contributed by atoms with Crippen molar-refractivity contribution in [2.24, 2.45) is 76.9 Å². The molecule has 28 nitrogen and oxygen atoms in total. The van der Waals surface area contributed by atoms with E-state index in [4.69, 9.17) is 10.2 Å². The van der Waals surface area contributed by atoms with E-state index in [1.54, 1.807) is 70.6 Å². The minimum atomic E-state index is -1.03. The van der Waals surface area contributed by atoms with E-state index in [0.717, 1.165) is 53.6 Å². The van der Waals surface area contributed by atoms with E-state index in [-0.39, 0.29) is 189 Å². The average molecular weight is 1960 g/mol. The van der Waals surface area contributed by atoms with E-state index in [1.165, 1.54) is 55.4 Å². The van der Waals surface area contributed by atoms with E-state index >= 15 is 0 Å². The van der Waals surface area contributed by atoms with Crippen LogP contribution in [0.25, 0.3) is 0 Å². The van der Waals surface area contributed by atoms with Gasteiger partial charge < -0.3 is 75.6 Å². The van der Waals surface area contributed by atoms with Gasteiger partial charge >= 0.3 is 23.9 Å². The molecular formula is C97H166N4O24S6. The highest BCUT2D eigenvalue weighted by Gasteiger charge is 2.35. The van der Waals surface area contributed by atoms with E-state index in [9.17, 15) is 106 Å². The molecule has 4 amide bonds. The molecule has 0 radical (unpaired) electrons. The summed E-state index contributed by atoms with van der Waals surface area (Å²) in [6.07, 6.45) is 21.6. The molecule has 131 heavy (non-hydrogen) atoms. The van der Waals surface area contributed by atoms with Crippen LogP contribution in [0.4, 0.5) is 0 Å². The van der Waals surface area contributed by atoms with Crippen LogP contribution in [0.3, 0.4) is 0 Å². The summed E-state index contributed by atoms with van der Waals surface area (Å²) in [4.78, 5) is 224. The predicted molar refractivity (Wildman–Crippen MR) is 536 cm³/mol. The van der Waals surface area contributed by atoms with Gasteiger partial charge in [0.05, 0.1) is 54.4 Å². The summed E-state index contributed by atoms with van der Waals surface area (Å²) >= 11 is 9.60. The number of carboxylic acid groups (broad SMARTS) is 4. The van der Waals surface area contributed by atoms with Crippen molar-refractivity contribution in [1.29, 1.82) is 0 Å². The maximum atomic E-state index is 13.0. The van der Waals surface area contributed by atoms with Crippen LogP contribution in [0.2, 0.25) is 0 Å². The van der Waals surface area contributed by atoms with Crippen LogP contribution >= 0.6 is 70.6 Å². The lowest BCUT2D eigenvalue weighted by atomic mass is 9.89. The first-order valence-corrected chi connectivity index (χ1v) is 53.4. The van der Waals surface area contributed by atoms with Gasteiger partial charge in [-0.1, -0.05) is 119 Å². The average Bonchev–Trinajstić information content (AvgIpc) is 0.869. The molecule has 0 aliphatic heterocycles. The first kappa shape index (κ1) is 135. The molecule has 13 atom stereocenters. The third kappa shape index (κ3) is 74.4. The van der Waals surface area contributed by atoms with Crippen molar-refractivity contribution in [3.63, 3.8) is 0 Å². The number of thioether (sulfide) groups is 6. The molecule has 0 saturated heterocycles. The van der Waals surface area contributed by atoms with Crippen molar-refractivity contribution in [1.82, 2.24) is 21.3 Å². The minimum Gasteiger partial charge on any atom is -0.481 e. The Labute approximate surface area is 809 Å². The molecule has 0 fully saturated rings. The van der Waals surface area contributed by atoms with Gasteiger partial charge in [-0.3, -0.25) is 62.3 Å². The zero-order valence-corrected chi connectivity index (χ0v) is 87.0. The summed E-state index contributed by atoms with van der Waals surface area (Å²) < 4.78 is 0. The van der Waals surface area contributed by atoms with Crippen LogP contribution in [0.1, 0.15) is 278 Å². The van der Waals surface area contributed by atoms with Crippen LogP contribution in [-0.2, 0) is 97.5 Å². The van der Waals surface area contributed by atoms with Gasteiger partial charge in [0.15, 0.2) is 23.1 Å². The predicted octanol–water partition coefficient (Wildman–Crippen LogP) is 15.8. The molecule has 0 heterocycles. The van der Waals surface area contributed by atoms with Crippen LogP contribution in [0, 0.1) is 76.9 Å². The summed E-state index contributed by atoms with van der Waals surface area (Å²) in [5, 5.41) is 57.0. The summed E-state index contributed by atoms with van der Waals surface area (Å²) in [6, 6.07) is 6.58. The van der Waals surface area contributed by atoms with Crippen LogP contribution < -0.4 is 21.3 Å². The first-order valence-electron chi connectivity index (χ1n) is 45.1. The quantitative estimate of drug-likeness (QED) is 0.0274. The number of hydrogen-bond acceptors (Lipinski definition) is 26. The molecule has 34 heteroatoms. The number of nitrogens with one attached hydrogen (secondary N) is 4. The highest BCUT2D eigenvalue weighted by molar-refractivity contribution is 7.99. The smallest absolute Gasteiger partial charge is 0.307 e. The third-order valence-corrected chi connectivity index (χ3v) is 24.3. The van der Waals surface area contributed by atoms with Crippen LogP contribution in [-0.4, -0.2) is 239 Å². The van der Waals surface area contributed by atoms with Gasteiger partial charge in [-0.15, -0.1) is 0 Å². The Morgan fingerprint density at radius 3 is 0.756 bits per heavy atom.